The summed E-state index contributed by atoms with van der Waals surface area (Å²) in [6, 6.07) is 5.15. The Balaban J connectivity index is 2.51. The van der Waals surface area contributed by atoms with Gasteiger partial charge in [0.25, 0.3) is 0 Å². The quantitative estimate of drug-likeness (QED) is 0.574. The average Bonchev–Trinajstić information content (AvgIpc) is 2.77. The number of alkyl halides is 3. The Kier molecular flexibility index (Phi) is 3.45. The van der Waals surface area contributed by atoms with Gasteiger partial charge in [-0.1, -0.05) is 0 Å². The van der Waals surface area contributed by atoms with Gasteiger partial charge in [-0.05, 0) is 37.3 Å². The molecule has 2 aromatic rings. The molecule has 0 saturated heterocycles. The van der Waals surface area contributed by atoms with E-state index in [-0.39, 0.29) is 11.3 Å². The number of rotatable bonds is 2. The van der Waals surface area contributed by atoms with Crippen molar-refractivity contribution in [1.29, 1.82) is 0 Å². The second-order valence-corrected chi connectivity index (χ2v) is 5.00. The third-order valence-electron chi connectivity index (χ3n) is 2.51. The third kappa shape index (κ3) is 2.84. The highest BCUT2D eigenvalue weighted by molar-refractivity contribution is 7.17. The number of carbonyl (C=O) groups is 1. The summed E-state index contributed by atoms with van der Waals surface area (Å²) in [6.07, 6.45) is -4.52. The summed E-state index contributed by atoms with van der Waals surface area (Å²) in [5.41, 5.74) is -1.06. The maximum Gasteiger partial charge on any atom is 0.416 e. The highest BCUT2D eigenvalue weighted by Gasteiger charge is 2.31. The van der Waals surface area contributed by atoms with Gasteiger partial charge in [-0.15, -0.1) is 11.3 Å². The van der Waals surface area contributed by atoms with Crippen molar-refractivity contribution in [2.24, 2.45) is 0 Å². The van der Waals surface area contributed by atoms with E-state index in [2.05, 4.69) is 0 Å². The van der Waals surface area contributed by atoms with Crippen LogP contribution in [0.25, 0.3) is 10.4 Å². The maximum atomic E-state index is 13.6. The Morgan fingerprint density at radius 3 is 2.37 bits per heavy atom. The molecular formula is C13H8F4OS. The van der Waals surface area contributed by atoms with E-state index in [0.717, 1.165) is 23.5 Å². The molecule has 0 radical (unpaired) electrons. The molecule has 0 atom stereocenters. The molecule has 0 N–H and O–H groups in total. The van der Waals surface area contributed by atoms with E-state index in [1.54, 1.807) is 0 Å². The Morgan fingerprint density at radius 1 is 1.16 bits per heavy atom. The number of Topliss-reactive ketones (excluding diaryl/α,β-unsaturated/α-hetero) is 1. The highest BCUT2D eigenvalue weighted by Crippen LogP contribution is 2.36. The molecule has 2 rings (SSSR count). The van der Waals surface area contributed by atoms with Crippen molar-refractivity contribution in [3.63, 3.8) is 0 Å². The molecule has 1 nitrogen and oxygen atoms in total. The van der Waals surface area contributed by atoms with Crippen molar-refractivity contribution in [2.75, 3.05) is 0 Å². The zero-order valence-corrected chi connectivity index (χ0v) is 10.5. The Bertz CT molecular complexity index is 628. The zero-order chi connectivity index (χ0) is 14.2. The van der Waals surface area contributed by atoms with Gasteiger partial charge in [-0.2, -0.15) is 13.2 Å². The first-order valence-electron chi connectivity index (χ1n) is 5.27. The van der Waals surface area contributed by atoms with E-state index in [0.29, 0.717) is 15.8 Å². The first-order chi connectivity index (χ1) is 8.79. The molecule has 0 aliphatic heterocycles. The van der Waals surface area contributed by atoms with Gasteiger partial charge in [0, 0.05) is 10.4 Å². The number of hydrogen-bond acceptors (Lipinski definition) is 2. The molecule has 1 heterocycles. The molecule has 0 bridgehead atoms. The molecule has 0 aliphatic rings. The largest absolute Gasteiger partial charge is 0.416 e. The predicted molar refractivity (Wildman–Crippen MR) is 64.7 cm³/mol. The van der Waals surface area contributed by atoms with Crippen LogP contribution in [0.3, 0.4) is 0 Å². The molecule has 1 aromatic carbocycles. The molecule has 1 aromatic heterocycles. The molecule has 0 spiro atoms. The molecule has 100 valence electrons. The third-order valence-corrected chi connectivity index (χ3v) is 3.73. The normalized spacial score (nSPS) is 11.6. The lowest BCUT2D eigenvalue weighted by atomic mass is 10.1. The minimum Gasteiger partial charge on any atom is -0.294 e. The summed E-state index contributed by atoms with van der Waals surface area (Å²) in [6.45, 7) is 1.35. The average molecular weight is 288 g/mol. The fourth-order valence-corrected chi connectivity index (χ4v) is 2.48. The summed E-state index contributed by atoms with van der Waals surface area (Å²) < 4.78 is 51.3. The van der Waals surface area contributed by atoms with Crippen LogP contribution in [0.2, 0.25) is 0 Å². The van der Waals surface area contributed by atoms with Gasteiger partial charge in [-0.3, -0.25) is 4.79 Å². The van der Waals surface area contributed by atoms with Crippen molar-refractivity contribution in [2.45, 2.75) is 13.1 Å². The maximum absolute atomic E-state index is 13.6. The molecule has 0 unspecified atom stereocenters. The van der Waals surface area contributed by atoms with Crippen molar-refractivity contribution >= 4 is 17.1 Å². The molecule has 0 saturated carbocycles. The van der Waals surface area contributed by atoms with Crippen LogP contribution in [0.1, 0.15) is 22.2 Å². The van der Waals surface area contributed by atoms with Crippen LogP contribution in [0.5, 0.6) is 0 Å². The molecule has 19 heavy (non-hydrogen) atoms. The van der Waals surface area contributed by atoms with Crippen LogP contribution in [0.4, 0.5) is 17.6 Å². The molecule has 0 amide bonds. The zero-order valence-electron chi connectivity index (χ0n) is 9.72. The van der Waals surface area contributed by atoms with E-state index in [4.69, 9.17) is 0 Å². The fourth-order valence-electron chi connectivity index (χ4n) is 1.56. The Morgan fingerprint density at radius 2 is 1.84 bits per heavy atom. The Labute approximate surface area is 110 Å². The number of ketones is 1. The van der Waals surface area contributed by atoms with E-state index < -0.39 is 17.6 Å². The van der Waals surface area contributed by atoms with Gasteiger partial charge in [0.05, 0.1) is 10.4 Å². The first-order valence-corrected chi connectivity index (χ1v) is 6.08. The lowest BCUT2D eigenvalue weighted by molar-refractivity contribution is -0.137. The lowest BCUT2D eigenvalue weighted by Crippen LogP contribution is -2.05. The molecule has 0 fully saturated rings. The van der Waals surface area contributed by atoms with Crippen molar-refractivity contribution in [1.82, 2.24) is 0 Å². The number of hydrogen-bond donors (Lipinski definition) is 0. The minimum absolute atomic E-state index is 0.146. The van der Waals surface area contributed by atoms with Crippen LogP contribution < -0.4 is 0 Å². The smallest absolute Gasteiger partial charge is 0.294 e. The predicted octanol–water partition coefficient (Wildman–Crippen LogP) is 4.78. The van der Waals surface area contributed by atoms with Crippen LogP contribution >= 0.6 is 11.3 Å². The van der Waals surface area contributed by atoms with Crippen molar-refractivity contribution in [3.05, 3.63) is 46.6 Å². The summed E-state index contributed by atoms with van der Waals surface area (Å²) >= 11 is 0.971. The van der Waals surface area contributed by atoms with Gasteiger partial charge < -0.3 is 0 Å². The standard InChI is InChI=1S/C13H8F4OS/c1-7(18)11-4-5-12(19-11)9-6-8(13(15,16)17)2-3-10(9)14/h2-6H,1H3. The fraction of sp³-hybridized carbons (Fsp3) is 0.154. The number of thiophene rings is 1. The van der Waals surface area contributed by atoms with Gasteiger partial charge in [-0.25, -0.2) is 4.39 Å². The second kappa shape index (κ2) is 4.77. The van der Waals surface area contributed by atoms with Crippen molar-refractivity contribution < 1.29 is 22.4 Å². The molecule has 6 heteroatoms. The van der Waals surface area contributed by atoms with E-state index in [1.165, 1.54) is 19.1 Å². The lowest BCUT2D eigenvalue weighted by Gasteiger charge is -2.08. The van der Waals surface area contributed by atoms with E-state index >= 15 is 0 Å². The number of carbonyl (C=O) groups excluding carboxylic acids is 1. The monoisotopic (exact) mass is 288 g/mol. The van der Waals surface area contributed by atoms with Crippen LogP contribution in [0.15, 0.2) is 30.3 Å². The van der Waals surface area contributed by atoms with Gasteiger partial charge in [0.2, 0.25) is 0 Å². The van der Waals surface area contributed by atoms with E-state index in [1.807, 2.05) is 0 Å². The van der Waals surface area contributed by atoms with Gasteiger partial charge in [0.1, 0.15) is 5.82 Å². The highest BCUT2D eigenvalue weighted by atomic mass is 32.1. The summed E-state index contributed by atoms with van der Waals surface area (Å²) in [5, 5.41) is 0. The topological polar surface area (TPSA) is 17.1 Å². The van der Waals surface area contributed by atoms with Crippen molar-refractivity contribution in [3.8, 4) is 10.4 Å². The van der Waals surface area contributed by atoms with Crippen LogP contribution in [0, 0.1) is 5.82 Å². The number of halogens is 4. The van der Waals surface area contributed by atoms with Gasteiger partial charge >= 0.3 is 6.18 Å². The molecule has 0 aliphatic carbocycles. The summed E-state index contributed by atoms with van der Waals surface area (Å²) in [4.78, 5) is 11.8. The van der Waals surface area contributed by atoms with Crippen LogP contribution in [-0.4, -0.2) is 5.78 Å². The van der Waals surface area contributed by atoms with Gasteiger partial charge in [0.15, 0.2) is 5.78 Å². The van der Waals surface area contributed by atoms with E-state index in [9.17, 15) is 22.4 Å². The Hall–Kier alpha value is -1.69. The van der Waals surface area contributed by atoms with Crippen LogP contribution in [-0.2, 0) is 6.18 Å². The number of benzene rings is 1. The SMILES string of the molecule is CC(=O)c1ccc(-c2cc(C(F)(F)F)ccc2F)s1. The summed E-state index contributed by atoms with van der Waals surface area (Å²) in [7, 11) is 0. The minimum atomic E-state index is -4.52. The first kappa shape index (κ1) is 13.7. The molecular weight excluding hydrogens is 280 g/mol. The summed E-state index contributed by atoms with van der Waals surface area (Å²) in [5.74, 6) is -0.950. The second-order valence-electron chi connectivity index (χ2n) is 3.91.